The van der Waals surface area contributed by atoms with E-state index in [0.29, 0.717) is 11.3 Å². The third-order valence-corrected chi connectivity index (χ3v) is 3.06. The van der Waals surface area contributed by atoms with Crippen molar-refractivity contribution < 1.29 is 0 Å². The molecule has 5 nitrogen and oxygen atoms in total. The van der Waals surface area contributed by atoms with Crippen LogP contribution in [-0.2, 0) is 6.42 Å². The Hall–Kier alpha value is -2.48. The quantitative estimate of drug-likeness (QED) is 0.564. The van der Waals surface area contributed by atoms with Gasteiger partial charge in [0.2, 0.25) is 0 Å². The van der Waals surface area contributed by atoms with E-state index >= 15 is 0 Å². The van der Waals surface area contributed by atoms with Crippen LogP contribution in [-0.4, -0.2) is 16.7 Å². The summed E-state index contributed by atoms with van der Waals surface area (Å²) >= 11 is 0. The molecular weight excluding hydrogens is 238 g/mol. The van der Waals surface area contributed by atoms with Gasteiger partial charge in [0.05, 0.1) is 11.8 Å². The Labute approximate surface area is 112 Å². The SMILES string of the molecule is Cc1[nH]ncc1CCCNc1ccc(N)c(C#N)c1. The first-order valence-corrected chi connectivity index (χ1v) is 6.23. The number of H-pyrrole nitrogens is 1. The van der Waals surface area contributed by atoms with Gasteiger partial charge in [-0.05, 0) is 43.5 Å². The van der Waals surface area contributed by atoms with Crippen LogP contribution in [0.2, 0.25) is 0 Å². The molecule has 0 radical (unpaired) electrons. The van der Waals surface area contributed by atoms with E-state index in [1.807, 2.05) is 19.2 Å². The fourth-order valence-corrected chi connectivity index (χ4v) is 1.90. The largest absolute Gasteiger partial charge is 0.398 e. The van der Waals surface area contributed by atoms with Gasteiger partial charge in [-0.25, -0.2) is 0 Å². The molecule has 0 spiro atoms. The van der Waals surface area contributed by atoms with Crippen molar-refractivity contribution in [2.75, 3.05) is 17.6 Å². The predicted octanol–water partition coefficient (Wildman–Crippen LogP) is 2.22. The van der Waals surface area contributed by atoms with Crippen molar-refractivity contribution in [2.24, 2.45) is 0 Å². The average molecular weight is 255 g/mol. The van der Waals surface area contributed by atoms with Crippen LogP contribution in [0.5, 0.6) is 0 Å². The van der Waals surface area contributed by atoms with Crippen LogP contribution < -0.4 is 11.1 Å². The van der Waals surface area contributed by atoms with Crippen LogP contribution in [0.25, 0.3) is 0 Å². The number of aromatic amines is 1. The summed E-state index contributed by atoms with van der Waals surface area (Å²) in [6, 6.07) is 7.49. The molecule has 1 aromatic heterocycles. The number of nitrogen functional groups attached to an aromatic ring is 1. The molecule has 0 saturated carbocycles. The third-order valence-electron chi connectivity index (χ3n) is 3.06. The zero-order valence-corrected chi connectivity index (χ0v) is 10.9. The number of benzene rings is 1. The standard InChI is InChI=1S/C14H17N5/c1-10-11(9-18-19-10)3-2-6-17-13-4-5-14(16)12(7-13)8-15/h4-5,7,9,17H,2-3,6,16H2,1H3,(H,18,19). The van der Waals surface area contributed by atoms with Gasteiger partial charge >= 0.3 is 0 Å². The highest BCUT2D eigenvalue weighted by molar-refractivity contribution is 5.61. The first-order chi connectivity index (χ1) is 9.20. The summed E-state index contributed by atoms with van der Waals surface area (Å²) in [5.74, 6) is 0. The summed E-state index contributed by atoms with van der Waals surface area (Å²) in [6.45, 7) is 2.87. The van der Waals surface area contributed by atoms with E-state index in [2.05, 4.69) is 21.6 Å². The number of rotatable bonds is 5. The molecule has 0 bridgehead atoms. The molecule has 0 atom stereocenters. The minimum absolute atomic E-state index is 0.510. The van der Waals surface area contributed by atoms with E-state index in [4.69, 9.17) is 11.0 Å². The molecule has 1 aromatic carbocycles. The number of hydrogen-bond donors (Lipinski definition) is 3. The van der Waals surface area contributed by atoms with Gasteiger partial charge in [-0.3, -0.25) is 5.10 Å². The van der Waals surface area contributed by atoms with E-state index in [0.717, 1.165) is 30.8 Å². The number of nitrogens with one attached hydrogen (secondary N) is 2. The lowest BCUT2D eigenvalue weighted by atomic mass is 10.1. The molecule has 0 saturated heterocycles. The van der Waals surface area contributed by atoms with Crippen LogP contribution in [0, 0.1) is 18.3 Å². The van der Waals surface area contributed by atoms with Crippen molar-refractivity contribution in [1.82, 2.24) is 10.2 Å². The fraction of sp³-hybridized carbons (Fsp3) is 0.286. The van der Waals surface area contributed by atoms with Crippen molar-refractivity contribution in [3.8, 4) is 6.07 Å². The lowest BCUT2D eigenvalue weighted by Crippen LogP contribution is -2.04. The molecule has 4 N–H and O–H groups in total. The molecule has 19 heavy (non-hydrogen) atoms. The van der Waals surface area contributed by atoms with E-state index in [1.54, 1.807) is 12.1 Å². The number of nitriles is 1. The van der Waals surface area contributed by atoms with Gasteiger partial charge in [-0.15, -0.1) is 0 Å². The predicted molar refractivity (Wildman–Crippen MR) is 75.7 cm³/mol. The highest BCUT2D eigenvalue weighted by Gasteiger charge is 2.01. The fourth-order valence-electron chi connectivity index (χ4n) is 1.90. The summed E-state index contributed by atoms with van der Waals surface area (Å²) in [4.78, 5) is 0. The van der Waals surface area contributed by atoms with Crippen LogP contribution in [0.15, 0.2) is 24.4 Å². The molecule has 0 aliphatic heterocycles. The Morgan fingerprint density at radius 3 is 3.00 bits per heavy atom. The smallest absolute Gasteiger partial charge is 0.101 e. The summed E-state index contributed by atoms with van der Waals surface area (Å²) in [6.07, 6.45) is 3.86. The zero-order chi connectivity index (χ0) is 13.7. The van der Waals surface area contributed by atoms with E-state index in [9.17, 15) is 0 Å². The van der Waals surface area contributed by atoms with Crippen molar-refractivity contribution in [2.45, 2.75) is 19.8 Å². The van der Waals surface area contributed by atoms with Crippen LogP contribution in [0.1, 0.15) is 23.2 Å². The second-order valence-corrected chi connectivity index (χ2v) is 4.46. The summed E-state index contributed by atoms with van der Waals surface area (Å²) in [5, 5.41) is 19.1. The number of aryl methyl sites for hydroxylation is 2. The van der Waals surface area contributed by atoms with Gasteiger partial charge in [0, 0.05) is 23.6 Å². The van der Waals surface area contributed by atoms with E-state index in [1.165, 1.54) is 5.56 Å². The van der Waals surface area contributed by atoms with Gasteiger partial charge in [-0.1, -0.05) is 0 Å². The number of nitrogens with zero attached hydrogens (tertiary/aromatic N) is 2. The van der Waals surface area contributed by atoms with Crippen LogP contribution in [0.3, 0.4) is 0 Å². The molecule has 0 fully saturated rings. The van der Waals surface area contributed by atoms with E-state index < -0.39 is 0 Å². The molecule has 2 aromatic rings. The van der Waals surface area contributed by atoms with Gasteiger partial charge < -0.3 is 11.1 Å². The molecule has 5 heteroatoms. The Morgan fingerprint density at radius 1 is 1.47 bits per heavy atom. The van der Waals surface area contributed by atoms with Gasteiger partial charge in [0.1, 0.15) is 6.07 Å². The zero-order valence-electron chi connectivity index (χ0n) is 10.9. The highest BCUT2D eigenvalue weighted by atomic mass is 15.1. The molecule has 0 aliphatic rings. The number of aromatic nitrogens is 2. The molecule has 2 rings (SSSR count). The molecule has 0 aliphatic carbocycles. The maximum atomic E-state index is 8.90. The van der Waals surface area contributed by atoms with E-state index in [-0.39, 0.29) is 0 Å². The average Bonchev–Trinajstić information content (AvgIpc) is 2.82. The van der Waals surface area contributed by atoms with Gasteiger partial charge in [-0.2, -0.15) is 10.4 Å². The minimum Gasteiger partial charge on any atom is -0.398 e. The van der Waals surface area contributed by atoms with Crippen LogP contribution in [0.4, 0.5) is 11.4 Å². The molecule has 0 amide bonds. The second-order valence-electron chi connectivity index (χ2n) is 4.46. The summed E-state index contributed by atoms with van der Waals surface area (Å²) in [7, 11) is 0. The molecular formula is C14H17N5. The van der Waals surface area contributed by atoms with Crippen molar-refractivity contribution in [3.05, 3.63) is 41.2 Å². The maximum Gasteiger partial charge on any atom is 0.101 e. The molecule has 0 unspecified atom stereocenters. The normalized spacial score (nSPS) is 10.1. The first kappa shape index (κ1) is 13.0. The monoisotopic (exact) mass is 255 g/mol. The Morgan fingerprint density at radius 2 is 2.32 bits per heavy atom. The Kier molecular flexibility index (Phi) is 4.04. The number of nitrogens with two attached hydrogens (primary N) is 1. The Balaban J connectivity index is 1.83. The summed E-state index contributed by atoms with van der Waals surface area (Å²) < 4.78 is 0. The maximum absolute atomic E-state index is 8.90. The van der Waals surface area contributed by atoms with Crippen LogP contribution >= 0.6 is 0 Å². The van der Waals surface area contributed by atoms with Gasteiger partial charge in [0.25, 0.3) is 0 Å². The first-order valence-electron chi connectivity index (χ1n) is 6.23. The number of hydrogen-bond acceptors (Lipinski definition) is 4. The molecule has 98 valence electrons. The lowest BCUT2D eigenvalue weighted by Gasteiger charge is -2.07. The third kappa shape index (κ3) is 3.26. The summed E-state index contributed by atoms with van der Waals surface area (Å²) in [5.41, 5.74) is 10.00. The lowest BCUT2D eigenvalue weighted by molar-refractivity contribution is 0.857. The molecule has 1 heterocycles. The van der Waals surface area contributed by atoms with Gasteiger partial charge in [0.15, 0.2) is 0 Å². The number of anilines is 2. The topological polar surface area (TPSA) is 90.5 Å². The van der Waals surface area contributed by atoms with Crippen molar-refractivity contribution in [1.29, 1.82) is 5.26 Å². The second kappa shape index (κ2) is 5.91. The van der Waals surface area contributed by atoms with Crippen molar-refractivity contribution >= 4 is 11.4 Å². The minimum atomic E-state index is 0.510. The Bertz CT molecular complexity index is 594. The van der Waals surface area contributed by atoms with Crippen molar-refractivity contribution in [3.63, 3.8) is 0 Å². The highest BCUT2D eigenvalue weighted by Crippen LogP contribution is 2.17.